The lowest BCUT2D eigenvalue weighted by Gasteiger charge is -2.00. The Labute approximate surface area is 148 Å². The van der Waals surface area contributed by atoms with Crippen molar-refractivity contribution < 1.29 is 9.53 Å². The number of ether oxygens (including phenoxy) is 1. The third kappa shape index (κ3) is 3.79. The number of allylic oxidation sites excluding steroid dienone is 1. The van der Waals surface area contributed by atoms with Crippen molar-refractivity contribution >= 4 is 29.0 Å². The number of hydrogen-bond donors (Lipinski definition) is 0. The predicted molar refractivity (Wildman–Crippen MR) is 96.6 cm³/mol. The first kappa shape index (κ1) is 16.6. The van der Waals surface area contributed by atoms with E-state index in [0.717, 1.165) is 16.8 Å². The summed E-state index contributed by atoms with van der Waals surface area (Å²) in [7, 11) is 1.34. The van der Waals surface area contributed by atoms with Crippen LogP contribution in [-0.4, -0.2) is 23.0 Å². The smallest absolute Gasteiger partial charge is 0.337 e. The average molecular weight is 347 g/mol. The molecule has 0 atom stereocenters. The normalized spacial score (nSPS) is 11.0. The van der Waals surface area contributed by atoms with E-state index in [-0.39, 0.29) is 0 Å². The Hall–Kier alpha value is -3.30. The monoisotopic (exact) mass is 347 g/mol. The van der Waals surface area contributed by atoms with Crippen LogP contribution in [-0.2, 0) is 4.74 Å². The van der Waals surface area contributed by atoms with Gasteiger partial charge >= 0.3 is 5.97 Å². The zero-order valence-electron chi connectivity index (χ0n) is 13.3. The summed E-state index contributed by atoms with van der Waals surface area (Å²) >= 11 is 1.41. The Morgan fingerprint density at radius 2 is 1.92 bits per heavy atom. The number of carbonyl (C=O) groups excluding carboxylic acids is 1. The van der Waals surface area contributed by atoms with Crippen molar-refractivity contribution in [1.82, 2.24) is 9.97 Å². The summed E-state index contributed by atoms with van der Waals surface area (Å²) in [6.45, 7) is 0. The third-order valence-electron chi connectivity index (χ3n) is 3.47. The maximum Gasteiger partial charge on any atom is 0.337 e. The largest absolute Gasteiger partial charge is 0.465 e. The number of hydrogen-bond acceptors (Lipinski definition) is 6. The molecule has 0 radical (unpaired) electrons. The summed E-state index contributed by atoms with van der Waals surface area (Å²) in [5.41, 5.74) is 3.51. The summed E-state index contributed by atoms with van der Waals surface area (Å²) in [5, 5.41) is 12.0. The van der Waals surface area contributed by atoms with Crippen LogP contribution in [0.1, 0.15) is 20.9 Å². The fourth-order valence-corrected chi connectivity index (χ4v) is 2.99. The second-order valence-corrected chi connectivity index (χ2v) is 5.92. The fraction of sp³-hybridized carbons (Fsp3) is 0.0526. The Balaban J connectivity index is 1.88. The number of nitrogens with zero attached hydrogens (tertiary/aromatic N) is 3. The number of pyridine rings is 1. The number of rotatable bonds is 4. The van der Waals surface area contributed by atoms with E-state index in [1.54, 1.807) is 42.7 Å². The lowest BCUT2D eigenvalue weighted by Crippen LogP contribution is -2.00. The molecule has 0 spiro atoms. The first-order valence-corrected chi connectivity index (χ1v) is 8.25. The molecule has 0 saturated heterocycles. The molecule has 2 heterocycles. The molecule has 0 bridgehead atoms. The molecule has 5 nitrogen and oxygen atoms in total. The van der Waals surface area contributed by atoms with E-state index in [9.17, 15) is 10.1 Å². The SMILES string of the molecule is COC(=O)c1ccc(C=C(C#N)c2nc(-c3ccncc3)cs2)cc1. The third-order valence-corrected chi connectivity index (χ3v) is 4.35. The molecule has 0 N–H and O–H groups in total. The van der Waals surface area contributed by atoms with Crippen LogP contribution in [0.2, 0.25) is 0 Å². The quantitative estimate of drug-likeness (QED) is 0.525. The summed E-state index contributed by atoms with van der Waals surface area (Å²) in [6.07, 6.45) is 5.16. The van der Waals surface area contributed by atoms with Gasteiger partial charge in [-0.1, -0.05) is 12.1 Å². The first-order chi connectivity index (χ1) is 12.2. The van der Waals surface area contributed by atoms with Gasteiger partial charge in [0.2, 0.25) is 0 Å². The Bertz CT molecular complexity index is 954. The molecule has 0 aliphatic rings. The van der Waals surface area contributed by atoms with Gasteiger partial charge in [-0.2, -0.15) is 5.26 Å². The fourth-order valence-electron chi connectivity index (χ4n) is 2.19. The molecule has 3 aromatic rings. The number of thiazole rings is 1. The zero-order valence-corrected chi connectivity index (χ0v) is 14.2. The minimum absolute atomic E-state index is 0.391. The summed E-state index contributed by atoms with van der Waals surface area (Å²) in [5.74, 6) is -0.391. The van der Waals surface area contributed by atoms with E-state index in [4.69, 9.17) is 0 Å². The van der Waals surface area contributed by atoms with E-state index >= 15 is 0 Å². The van der Waals surface area contributed by atoms with Crippen molar-refractivity contribution in [2.24, 2.45) is 0 Å². The number of methoxy groups -OCH3 is 1. The maximum atomic E-state index is 11.5. The molecule has 0 aliphatic heterocycles. The minimum atomic E-state index is -0.391. The van der Waals surface area contributed by atoms with Crippen molar-refractivity contribution in [3.63, 3.8) is 0 Å². The highest BCUT2D eigenvalue weighted by atomic mass is 32.1. The van der Waals surface area contributed by atoms with Crippen LogP contribution in [0.25, 0.3) is 22.9 Å². The molecule has 0 fully saturated rings. The van der Waals surface area contributed by atoms with E-state index in [2.05, 4.69) is 20.8 Å². The number of benzene rings is 1. The van der Waals surface area contributed by atoms with Crippen molar-refractivity contribution in [3.8, 4) is 17.3 Å². The van der Waals surface area contributed by atoms with Crippen LogP contribution in [0.5, 0.6) is 0 Å². The summed E-state index contributed by atoms with van der Waals surface area (Å²) in [4.78, 5) is 20.0. The van der Waals surface area contributed by atoms with E-state index < -0.39 is 5.97 Å². The van der Waals surface area contributed by atoms with E-state index in [1.807, 2.05) is 17.5 Å². The number of nitriles is 1. The van der Waals surface area contributed by atoms with Gasteiger partial charge in [0.15, 0.2) is 0 Å². The second-order valence-electron chi connectivity index (χ2n) is 5.06. The van der Waals surface area contributed by atoms with Gasteiger partial charge < -0.3 is 4.74 Å². The van der Waals surface area contributed by atoms with Crippen molar-refractivity contribution in [2.75, 3.05) is 7.11 Å². The van der Waals surface area contributed by atoms with Gasteiger partial charge in [0.1, 0.15) is 11.1 Å². The molecule has 6 heteroatoms. The number of esters is 1. The van der Waals surface area contributed by atoms with Crippen LogP contribution >= 0.6 is 11.3 Å². The number of carbonyl (C=O) groups is 1. The highest BCUT2D eigenvalue weighted by Gasteiger charge is 2.09. The molecular formula is C19H13N3O2S. The zero-order chi connectivity index (χ0) is 17.6. The van der Waals surface area contributed by atoms with Crippen LogP contribution in [0.15, 0.2) is 54.2 Å². The average Bonchev–Trinajstić information content (AvgIpc) is 3.16. The molecule has 0 unspecified atom stereocenters. The van der Waals surface area contributed by atoms with Gasteiger partial charge in [0.25, 0.3) is 0 Å². The lowest BCUT2D eigenvalue weighted by molar-refractivity contribution is 0.0600. The van der Waals surface area contributed by atoms with E-state index in [1.165, 1.54) is 18.4 Å². The molecule has 1 aromatic carbocycles. The highest BCUT2D eigenvalue weighted by molar-refractivity contribution is 7.11. The van der Waals surface area contributed by atoms with Gasteiger partial charge in [-0.3, -0.25) is 4.98 Å². The van der Waals surface area contributed by atoms with Crippen LogP contribution in [0.3, 0.4) is 0 Å². The maximum absolute atomic E-state index is 11.5. The molecule has 0 amide bonds. The van der Waals surface area contributed by atoms with Gasteiger partial charge in [0, 0.05) is 23.3 Å². The Morgan fingerprint density at radius 1 is 1.20 bits per heavy atom. The molecule has 25 heavy (non-hydrogen) atoms. The Morgan fingerprint density at radius 3 is 2.56 bits per heavy atom. The second kappa shape index (κ2) is 7.51. The highest BCUT2D eigenvalue weighted by Crippen LogP contribution is 2.26. The summed E-state index contributed by atoms with van der Waals surface area (Å²) < 4.78 is 4.67. The molecule has 0 saturated carbocycles. The Kier molecular flexibility index (Phi) is 4.97. The van der Waals surface area contributed by atoms with Crippen molar-refractivity contribution in [3.05, 3.63) is 70.3 Å². The van der Waals surface area contributed by atoms with Crippen molar-refractivity contribution in [1.29, 1.82) is 5.26 Å². The van der Waals surface area contributed by atoms with Gasteiger partial charge in [0.05, 0.1) is 23.9 Å². The first-order valence-electron chi connectivity index (χ1n) is 7.37. The van der Waals surface area contributed by atoms with Crippen LogP contribution in [0.4, 0.5) is 0 Å². The molecule has 2 aromatic heterocycles. The molecule has 3 rings (SSSR count). The van der Waals surface area contributed by atoms with Crippen LogP contribution < -0.4 is 0 Å². The topological polar surface area (TPSA) is 75.9 Å². The van der Waals surface area contributed by atoms with E-state index in [0.29, 0.717) is 16.1 Å². The van der Waals surface area contributed by atoms with Crippen LogP contribution in [0, 0.1) is 11.3 Å². The summed E-state index contributed by atoms with van der Waals surface area (Å²) in [6, 6.07) is 12.8. The molecule has 0 aliphatic carbocycles. The predicted octanol–water partition coefficient (Wildman–Crippen LogP) is 4.06. The minimum Gasteiger partial charge on any atom is -0.465 e. The molecular weight excluding hydrogens is 334 g/mol. The van der Waals surface area contributed by atoms with Gasteiger partial charge in [-0.15, -0.1) is 11.3 Å². The van der Waals surface area contributed by atoms with Crippen molar-refractivity contribution in [2.45, 2.75) is 0 Å². The lowest BCUT2D eigenvalue weighted by atomic mass is 10.1. The number of aromatic nitrogens is 2. The van der Waals surface area contributed by atoms with Gasteiger partial charge in [-0.05, 0) is 35.9 Å². The standard InChI is InChI=1S/C19H13N3O2S/c1-24-19(23)15-4-2-13(3-5-15)10-16(11-20)18-22-17(12-25-18)14-6-8-21-9-7-14/h2-10,12H,1H3. The van der Waals surface area contributed by atoms with Gasteiger partial charge in [-0.25, -0.2) is 9.78 Å². The molecule has 122 valence electrons.